The van der Waals surface area contributed by atoms with Crippen molar-refractivity contribution in [3.63, 3.8) is 0 Å². The molecule has 2 aromatic carbocycles. The van der Waals surface area contributed by atoms with Crippen LogP contribution >= 0.6 is 0 Å². The van der Waals surface area contributed by atoms with Crippen molar-refractivity contribution in [2.24, 2.45) is 0 Å². The third-order valence-corrected chi connectivity index (χ3v) is 6.94. The summed E-state index contributed by atoms with van der Waals surface area (Å²) in [6.45, 7) is 0.486. The Morgan fingerprint density at radius 1 is 1.21 bits per heavy atom. The predicted molar refractivity (Wildman–Crippen MR) is 118 cm³/mol. The monoisotopic (exact) mass is 468 g/mol. The van der Waals surface area contributed by atoms with Crippen LogP contribution in [0.5, 0.6) is 0 Å². The number of nitrogens with one attached hydrogen (secondary N) is 1. The lowest BCUT2D eigenvalue weighted by Crippen LogP contribution is -2.40. The van der Waals surface area contributed by atoms with Gasteiger partial charge in [0.15, 0.2) is 11.6 Å². The Hall–Kier alpha value is -3.72. The fraction of sp³-hybridized carbons (Fsp3) is 0.227. The number of benzene rings is 2. The van der Waals surface area contributed by atoms with Gasteiger partial charge in [-0.2, -0.15) is 9.57 Å². The number of carbonyl (C=O) groups excluding carboxylic acids is 1. The van der Waals surface area contributed by atoms with Crippen LogP contribution in [-0.2, 0) is 19.5 Å². The average Bonchev–Trinajstić information content (AvgIpc) is 3.27. The van der Waals surface area contributed by atoms with Gasteiger partial charge in [0.2, 0.25) is 10.0 Å². The average molecular weight is 468 g/mol. The van der Waals surface area contributed by atoms with Crippen LogP contribution in [0.2, 0.25) is 0 Å². The first-order valence-corrected chi connectivity index (χ1v) is 11.5. The van der Waals surface area contributed by atoms with Crippen molar-refractivity contribution in [2.45, 2.75) is 4.90 Å². The summed E-state index contributed by atoms with van der Waals surface area (Å²) in [6.07, 6.45) is 0. The van der Waals surface area contributed by atoms with Gasteiger partial charge in [0, 0.05) is 13.1 Å². The van der Waals surface area contributed by atoms with Crippen LogP contribution in [0, 0.1) is 11.3 Å². The second-order valence-corrected chi connectivity index (χ2v) is 9.09. The maximum absolute atomic E-state index is 12.8. The lowest BCUT2D eigenvalue weighted by atomic mass is 10.2. The number of aromatic amines is 1. The molecule has 11 heteroatoms. The molecule has 2 N–H and O–H groups in total. The molecule has 0 amide bonds. The van der Waals surface area contributed by atoms with Gasteiger partial charge in [0.25, 0.3) is 0 Å². The molecule has 0 spiro atoms. The fourth-order valence-electron chi connectivity index (χ4n) is 3.33. The minimum atomic E-state index is -3.78. The minimum absolute atomic E-state index is 0.000575. The molecule has 1 fully saturated rings. The standard InChI is InChI=1S/C22H20N4O6S/c23-13-17(21-24-18-6-1-2-7-19(18)25-21)20(27)14-32-22(28)15-4-3-5-16(12-15)33(29,30)26-8-10-31-11-9-26/h1-7,12,27H,8-11,14H2,(H,24,25). The number of aliphatic hydroxyl groups is 1. The highest BCUT2D eigenvalue weighted by molar-refractivity contribution is 7.89. The van der Waals surface area contributed by atoms with Gasteiger partial charge in [-0.3, -0.25) is 0 Å². The topological polar surface area (TPSA) is 146 Å². The van der Waals surface area contributed by atoms with Crippen LogP contribution < -0.4 is 0 Å². The van der Waals surface area contributed by atoms with Crippen molar-refractivity contribution in [1.82, 2.24) is 14.3 Å². The van der Waals surface area contributed by atoms with Gasteiger partial charge in [-0.25, -0.2) is 18.2 Å². The zero-order chi connectivity index (χ0) is 23.4. The van der Waals surface area contributed by atoms with E-state index in [0.29, 0.717) is 24.2 Å². The number of rotatable bonds is 6. The maximum atomic E-state index is 12.8. The van der Waals surface area contributed by atoms with E-state index in [1.54, 1.807) is 24.3 Å². The van der Waals surface area contributed by atoms with Crippen LogP contribution in [-0.4, -0.2) is 66.7 Å². The number of H-pyrrole nitrogens is 1. The van der Waals surface area contributed by atoms with Crippen LogP contribution in [0.1, 0.15) is 16.2 Å². The van der Waals surface area contributed by atoms with E-state index < -0.39 is 28.4 Å². The molecule has 0 bridgehead atoms. The van der Waals surface area contributed by atoms with Gasteiger partial charge in [-0.05, 0) is 30.3 Å². The zero-order valence-corrected chi connectivity index (χ0v) is 18.2. The summed E-state index contributed by atoms with van der Waals surface area (Å²) < 4.78 is 37.2. The van der Waals surface area contributed by atoms with Gasteiger partial charge >= 0.3 is 5.97 Å². The minimum Gasteiger partial charge on any atom is -0.507 e. The highest BCUT2D eigenvalue weighted by atomic mass is 32.2. The van der Waals surface area contributed by atoms with Crippen LogP contribution in [0.25, 0.3) is 16.6 Å². The van der Waals surface area contributed by atoms with Gasteiger partial charge in [-0.1, -0.05) is 18.2 Å². The Balaban J connectivity index is 1.50. The van der Waals surface area contributed by atoms with E-state index in [9.17, 15) is 23.6 Å². The molecule has 0 atom stereocenters. The van der Waals surface area contributed by atoms with Crippen molar-refractivity contribution < 1.29 is 27.8 Å². The number of nitriles is 1. The molecular weight excluding hydrogens is 448 g/mol. The normalized spacial score (nSPS) is 15.6. The number of nitrogens with zero attached hydrogens (tertiary/aromatic N) is 3. The zero-order valence-electron chi connectivity index (χ0n) is 17.4. The molecule has 0 radical (unpaired) electrons. The van der Waals surface area contributed by atoms with Crippen LogP contribution in [0.3, 0.4) is 0 Å². The molecule has 1 aliphatic rings. The second kappa shape index (κ2) is 9.41. The summed E-state index contributed by atoms with van der Waals surface area (Å²) in [4.78, 5) is 19.6. The molecule has 0 unspecified atom stereocenters. The number of hydrogen-bond donors (Lipinski definition) is 2. The molecule has 0 saturated carbocycles. The Morgan fingerprint density at radius 2 is 1.97 bits per heavy atom. The molecule has 1 aliphatic heterocycles. The number of imidazole rings is 1. The van der Waals surface area contributed by atoms with E-state index in [2.05, 4.69) is 9.97 Å². The quantitative estimate of drug-likeness (QED) is 0.318. The summed E-state index contributed by atoms with van der Waals surface area (Å²) in [5.74, 6) is -1.18. The Kier molecular flexibility index (Phi) is 6.41. The lowest BCUT2D eigenvalue weighted by molar-refractivity contribution is 0.0502. The third-order valence-electron chi connectivity index (χ3n) is 5.04. The SMILES string of the molecule is N#CC(=C(O)COC(=O)c1cccc(S(=O)(=O)N2CCOCC2)c1)c1nc2ccccc2[nH]1. The number of sulfonamides is 1. The molecular formula is C22H20N4O6S. The van der Waals surface area contributed by atoms with Gasteiger partial charge in [-0.15, -0.1) is 0 Å². The van der Waals surface area contributed by atoms with Crippen molar-refractivity contribution >= 4 is 32.6 Å². The smallest absolute Gasteiger partial charge is 0.338 e. The molecule has 1 aromatic heterocycles. The number of aromatic nitrogens is 2. The third kappa shape index (κ3) is 4.73. The number of esters is 1. The van der Waals surface area contributed by atoms with Gasteiger partial charge in [0.05, 0.1) is 34.7 Å². The predicted octanol–water partition coefficient (Wildman–Crippen LogP) is 2.23. The van der Waals surface area contributed by atoms with E-state index in [1.165, 1.54) is 28.6 Å². The summed E-state index contributed by atoms with van der Waals surface area (Å²) in [6, 6.07) is 14.4. The Labute approximate surface area is 189 Å². The van der Waals surface area contributed by atoms with Gasteiger partial charge in [0.1, 0.15) is 18.2 Å². The number of carbonyl (C=O) groups is 1. The highest BCUT2D eigenvalue weighted by Gasteiger charge is 2.27. The molecule has 1 saturated heterocycles. The fourth-order valence-corrected chi connectivity index (χ4v) is 4.79. The summed E-state index contributed by atoms with van der Waals surface area (Å²) in [5.41, 5.74) is 1.13. The molecule has 33 heavy (non-hydrogen) atoms. The number of para-hydroxylation sites is 2. The lowest BCUT2D eigenvalue weighted by Gasteiger charge is -2.26. The molecule has 4 rings (SSSR count). The molecule has 10 nitrogen and oxygen atoms in total. The Morgan fingerprint density at radius 3 is 2.70 bits per heavy atom. The summed E-state index contributed by atoms with van der Waals surface area (Å²) in [5, 5.41) is 19.8. The summed E-state index contributed by atoms with van der Waals surface area (Å²) in [7, 11) is -3.78. The first-order valence-electron chi connectivity index (χ1n) is 10.0. The Bertz CT molecular complexity index is 1330. The number of allylic oxidation sites excluding steroid dienone is 1. The number of ether oxygens (including phenoxy) is 2. The van der Waals surface area contributed by atoms with Crippen molar-refractivity contribution in [1.29, 1.82) is 5.26 Å². The van der Waals surface area contributed by atoms with Crippen LogP contribution in [0.15, 0.2) is 59.2 Å². The summed E-state index contributed by atoms with van der Waals surface area (Å²) >= 11 is 0. The van der Waals surface area contributed by atoms with E-state index in [0.717, 1.165) is 0 Å². The highest BCUT2D eigenvalue weighted by Crippen LogP contribution is 2.21. The maximum Gasteiger partial charge on any atom is 0.338 e. The first-order chi connectivity index (χ1) is 15.9. The molecule has 170 valence electrons. The molecule has 3 aromatic rings. The molecule has 2 heterocycles. The van der Waals surface area contributed by atoms with Crippen molar-refractivity contribution in [3.8, 4) is 6.07 Å². The molecule has 0 aliphatic carbocycles. The van der Waals surface area contributed by atoms with Crippen molar-refractivity contribution in [3.05, 3.63) is 65.7 Å². The number of aliphatic hydroxyl groups excluding tert-OH is 1. The van der Waals surface area contributed by atoms with E-state index in [-0.39, 0.29) is 34.9 Å². The van der Waals surface area contributed by atoms with Gasteiger partial charge < -0.3 is 19.6 Å². The number of hydrogen-bond acceptors (Lipinski definition) is 8. The second-order valence-electron chi connectivity index (χ2n) is 7.16. The first kappa shape index (κ1) is 22.5. The van der Waals surface area contributed by atoms with E-state index >= 15 is 0 Å². The van der Waals surface area contributed by atoms with Crippen molar-refractivity contribution in [2.75, 3.05) is 32.9 Å². The van der Waals surface area contributed by atoms with E-state index in [1.807, 2.05) is 6.07 Å². The number of morpholine rings is 1. The largest absolute Gasteiger partial charge is 0.507 e. The number of fused-ring (bicyclic) bond motifs is 1. The van der Waals surface area contributed by atoms with E-state index in [4.69, 9.17) is 9.47 Å². The van der Waals surface area contributed by atoms with Crippen LogP contribution in [0.4, 0.5) is 0 Å².